The van der Waals surface area contributed by atoms with E-state index in [0.29, 0.717) is 18.1 Å². The van der Waals surface area contributed by atoms with E-state index in [1.54, 1.807) is 6.92 Å². The number of piperidine rings is 1. The molecule has 182 valence electrons. The molecule has 0 N–H and O–H groups in total. The van der Waals surface area contributed by atoms with Gasteiger partial charge in [0, 0.05) is 6.42 Å². The van der Waals surface area contributed by atoms with Crippen molar-refractivity contribution < 1.29 is 38.1 Å². The standard InChI is InChI=1S/C24H33NO8/c1-5-29-23(28)32-19-18(25-8-6-12(2)7-9-25)14-10-15(30-22(14)27)17-13(3)21(26)31-16(17)11-24(4)20(19)33-24/h10,12-14,16-20H,5-9,11H2,1-4H3. The first-order chi connectivity index (χ1) is 15.7. The summed E-state index contributed by atoms with van der Waals surface area (Å²) in [6.07, 6.45) is 1.85. The lowest BCUT2D eigenvalue weighted by atomic mass is 9.79. The number of ether oxygens (including phenoxy) is 5. The van der Waals surface area contributed by atoms with Crippen LogP contribution in [0.3, 0.4) is 0 Å². The van der Waals surface area contributed by atoms with E-state index in [2.05, 4.69) is 11.8 Å². The van der Waals surface area contributed by atoms with Gasteiger partial charge in [-0.1, -0.05) is 13.8 Å². The van der Waals surface area contributed by atoms with Crippen molar-refractivity contribution in [2.45, 2.75) is 76.9 Å². The molecule has 3 saturated heterocycles. The molecule has 9 heteroatoms. The van der Waals surface area contributed by atoms with Crippen LogP contribution in [0.5, 0.6) is 0 Å². The van der Waals surface area contributed by atoms with Crippen LogP contribution < -0.4 is 0 Å². The smallest absolute Gasteiger partial charge is 0.461 e. The largest absolute Gasteiger partial charge is 0.508 e. The first-order valence-corrected chi connectivity index (χ1v) is 12.1. The van der Waals surface area contributed by atoms with Gasteiger partial charge in [0.1, 0.15) is 18.0 Å². The highest BCUT2D eigenvalue weighted by atomic mass is 16.7. The molecule has 8 unspecified atom stereocenters. The van der Waals surface area contributed by atoms with E-state index in [4.69, 9.17) is 23.7 Å². The van der Waals surface area contributed by atoms with E-state index in [1.807, 2.05) is 19.9 Å². The molecule has 0 spiro atoms. The molecule has 0 aromatic heterocycles. The minimum atomic E-state index is -0.776. The lowest BCUT2D eigenvalue weighted by molar-refractivity contribution is -0.145. The average Bonchev–Trinajstić information content (AvgIpc) is 3.15. The Hall–Kier alpha value is -2.13. The van der Waals surface area contributed by atoms with Crippen LogP contribution in [0.25, 0.3) is 0 Å². The summed E-state index contributed by atoms with van der Waals surface area (Å²) >= 11 is 0. The Morgan fingerprint density at radius 1 is 1.21 bits per heavy atom. The Kier molecular flexibility index (Phi) is 5.68. The quantitative estimate of drug-likeness (QED) is 0.354. The molecule has 0 aromatic rings. The average molecular weight is 464 g/mol. The van der Waals surface area contributed by atoms with Crippen molar-refractivity contribution in [3.63, 3.8) is 0 Å². The minimum absolute atomic E-state index is 0.188. The summed E-state index contributed by atoms with van der Waals surface area (Å²) in [5.41, 5.74) is -0.647. The summed E-state index contributed by atoms with van der Waals surface area (Å²) in [4.78, 5) is 40.3. The van der Waals surface area contributed by atoms with Gasteiger partial charge in [-0.15, -0.1) is 0 Å². The number of fused-ring (bicyclic) bond motifs is 4. The van der Waals surface area contributed by atoms with Gasteiger partial charge in [-0.25, -0.2) is 4.79 Å². The zero-order valence-corrected chi connectivity index (χ0v) is 19.7. The van der Waals surface area contributed by atoms with Crippen molar-refractivity contribution in [2.24, 2.45) is 23.7 Å². The summed E-state index contributed by atoms with van der Waals surface area (Å²) in [6.45, 7) is 9.46. The molecular weight excluding hydrogens is 430 g/mol. The van der Waals surface area contributed by atoms with Crippen molar-refractivity contribution in [1.82, 2.24) is 4.90 Å². The Morgan fingerprint density at radius 3 is 2.64 bits per heavy atom. The van der Waals surface area contributed by atoms with Crippen molar-refractivity contribution >= 4 is 18.1 Å². The number of rotatable bonds is 3. The normalized spacial score (nSPS) is 43.0. The number of likely N-dealkylation sites (tertiary alicyclic amines) is 1. The van der Waals surface area contributed by atoms with E-state index in [-0.39, 0.29) is 24.5 Å². The first-order valence-electron chi connectivity index (χ1n) is 12.1. The van der Waals surface area contributed by atoms with E-state index in [1.165, 1.54) is 0 Å². The van der Waals surface area contributed by atoms with Gasteiger partial charge in [0.25, 0.3) is 0 Å². The molecule has 4 heterocycles. The maximum absolute atomic E-state index is 13.2. The van der Waals surface area contributed by atoms with Gasteiger partial charge in [0.2, 0.25) is 0 Å². The van der Waals surface area contributed by atoms with E-state index < -0.39 is 47.9 Å². The minimum Gasteiger partial charge on any atom is -0.461 e. The summed E-state index contributed by atoms with van der Waals surface area (Å²) in [6, 6.07) is -0.441. The van der Waals surface area contributed by atoms with Crippen molar-refractivity contribution in [3.8, 4) is 0 Å². The lowest BCUT2D eigenvalue weighted by Crippen LogP contribution is -2.56. The van der Waals surface area contributed by atoms with E-state index >= 15 is 0 Å². The van der Waals surface area contributed by atoms with Crippen molar-refractivity contribution in [1.29, 1.82) is 0 Å². The maximum atomic E-state index is 13.2. The van der Waals surface area contributed by atoms with Crippen LogP contribution in [0.15, 0.2) is 11.8 Å². The maximum Gasteiger partial charge on any atom is 0.508 e. The fourth-order valence-corrected chi connectivity index (χ4v) is 6.05. The van der Waals surface area contributed by atoms with Crippen LogP contribution in [0.1, 0.15) is 47.0 Å². The van der Waals surface area contributed by atoms with Gasteiger partial charge in [-0.2, -0.15) is 0 Å². The zero-order chi connectivity index (χ0) is 23.5. The predicted molar refractivity (Wildman–Crippen MR) is 114 cm³/mol. The van der Waals surface area contributed by atoms with Gasteiger partial charge in [-0.05, 0) is 51.8 Å². The Balaban J connectivity index is 1.55. The SMILES string of the molecule is CCOC(=O)OC1C(N2CCC(C)CC2)C2C=C(OC2=O)C2C(CC3(C)OC13)OC(=O)C2C. The Bertz CT molecular complexity index is 865. The van der Waals surface area contributed by atoms with Gasteiger partial charge in [0.05, 0.1) is 36.0 Å². The predicted octanol–water partition coefficient (Wildman–Crippen LogP) is 2.42. The molecule has 0 radical (unpaired) electrons. The van der Waals surface area contributed by atoms with Gasteiger partial charge >= 0.3 is 18.1 Å². The highest BCUT2D eigenvalue weighted by Crippen LogP contribution is 2.52. The third kappa shape index (κ3) is 3.93. The van der Waals surface area contributed by atoms with Crippen molar-refractivity contribution in [2.75, 3.05) is 19.7 Å². The van der Waals surface area contributed by atoms with Crippen LogP contribution in [-0.4, -0.2) is 72.6 Å². The molecule has 3 fully saturated rings. The fraction of sp³-hybridized carbons (Fsp3) is 0.792. The number of hydrogen-bond acceptors (Lipinski definition) is 9. The number of carbonyl (C=O) groups excluding carboxylic acids is 3. The first kappa shape index (κ1) is 22.7. The third-order valence-corrected chi connectivity index (χ3v) is 8.03. The molecule has 0 amide bonds. The second-order valence-electron chi connectivity index (χ2n) is 10.3. The summed E-state index contributed by atoms with van der Waals surface area (Å²) in [7, 11) is 0. The number of esters is 2. The van der Waals surface area contributed by atoms with Crippen molar-refractivity contribution in [3.05, 3.63) is 11.8 Å². The zero-order valence-electron chi connectivity index (χ0n) is 19.7. The molecule has 0 saturated carbocycles. The third-order valence-electron chi connectivity index (χ3n) is 8.03. The molecule has 5 rings (SSSR count). The topological polar surface area (TPSA) is 104 Å². The number of hydrogen-bond donors (Lipinski definition) is 0. The Morgan fingerprint density at radius 2 is 1.94 bits per heavy atom. The molecular formula is C24H33NO8. The molecule has 4 aliphatic heterocycles. The van der Waals surface area contributed by atoms with E-state index in [9.17, 15) is 14.4 Å². The molecule has 0 aromatic carbocycles. The van der Waals surface area contributed by atoms with Crippen LogP contribution in [0.2, 0.25) is 0 Å². The summed E-state index contributed by atoms with van der Waals surface area (Å²) in [5, 5.41) is 0. The molecule has 2 bridgehead atoms. The number of nitrogens with zero attached hydrogens (tertiary/aromatic N) is 1. The second-order valence-corrected chi connectivity index (χ2v) is 10.3. The Labute approximate surface area is 193 Å². The van der Waals surface area contributed by atoms with E-state index in [0.717, 1.165) is 25.9 Å². The molecule has 5 aliphatic rings. The highest BCUT2D eigenvalue weighted by molar-refractivity contribution is 5.81. The molecule has 8 atom stereocenters. The van der Waals surface area contributed by atoms with Gasteiger partial charge in [-0.3, -0.25) is 14.5 Å². The second kappa shape index (κ2) is 8.27. The lowest BCUT2D eigenvalue weighted by Gasteiger charge is -2.41. The summed E-state index contributed by atoms with van der Waals surface area (Å²) < 4.78 is 28.6. The molecule has 9 nitrogen and oxygen atoms in total. The monoisotopic (exact) mass is 463 g/mol. The molecule has 1 aliphatic carbocycles. The molecule has 33 heavy (non-hydrogen) atoms. The number of epoxide rings is 1. The van der Waals surface area contributed by atoms with Crippen LogP contribution in [0.4, 0.5) is 4.79 Å². The van der Waals surface area contributed by atoms with Crippen LogP contribution >= 0.6 is 0 Å². The van der Waals surface area contributed by atoms with Gasteiger partial charge in [0.15, 0.2) is 6.10 Å². The van der Waals surface area contributed by atoms with Crippen LogP contribution in [0, 0.1) is 23.7 Å². The van der Waals surface area contributed by atoms with Crippen LogP contribution in [-0.2, 0) is 33.3 Å². The van der Waals surface area contributed by atoms with Gasteiger partial charge < -0.3 is 23.7 Å². The highest BCUT2D eigenvalue weighted by Gasteiger charge is 2.66. The summed E-state index contributed by atoms with van der Waals surface area (Å²) in [5.74, 6) is -0.986. The number of carbonyl (C=O) groups is 3. The fourth-order valence-electron chi connectivity index (χ4n) is 6.05.